The summed E-state index contributed by atoms with van der Waals surface area (Å²) in [5, 5.41) is 16.5. The molecule has 0 aliphatic carbocycles. The van der Waals surface area contributed by atoms with E-state index in [0.717, 1.165) is 11.0 Å². The Morgan fingerprint density at radius 3 is 2.20 bits per heavy atom. The number of ether oxygens (including phenoxy) is 1. The number of hydrogen-bond donors (Lipinski definition) is 2. The number of rotatable bonds is 5. The van der Waals surface area contributed by atoms with Gasteiger partial charge in [0.25, 0.3) is 0 Å². The summed E-state index contributed by atoms with van der Waals surface area (Å²) < 4.78 is 4.20. The Morgan fingerprint density at radius 2 is 2.13 bits per heavy atom. The van der Waals surface area contributed by atoms with Gasteiger partial charge in [-0.25, -0.2) is 4.79 Å². The summed E-state index contributed by atoms with van der Waals surface area (Å²) in [6.45, 7) is 7.42. The Labute approximate surface area is 88.1 Å². The number of esters is 1. The molecule has 1 unspecified atom stereocenters. The van der Waals surface area contributed by atoms with Crippen LogP contribution in [0.25, 0.3) is 0 Å². The van der Waals surface area contributed by atoms with Crippen molar-refractivity contribution >= 4 is 12.4 Å². The third-order valence-corrected chi connectivity index (χ3v) is 0.987. The van der Waals surface area contributed by atoms with Crippen molar-refractivity contribution in [2.24, 2.45) is 0 Å². The van der Waals surface area contributed by atoms with Crippen molar-refractivity contribution in [3.63, 3.8) is 0 Å². The fourth-order valence-electron chi connectivity index (χ4n) is 0.350. The summed E-state index contributed by atoms with van der Waals surface area (Å²) in [5.41, 5.74) is 0. The van der Waals surface area contributed by atoms with E-state index in [0.29, 0.717) is 6.41 Å². The quantitative estimate of drug-likeness (QED) is 0.283. The molecule has 86 valence electrons. The molecule has 0 aromatic rings. The van der Waals surface area contributed by atoms with Crippen molar-refractivity contribution in [3.8, 4) is 0 Å². The molecule has 6 heteroatoms. The lowest BCUT2D eigenvalue weighted by Gasteiger charge is -2.02. The fourth-order valence-corrected chi connectivity index (χ4v) is 0.350. The maximum atomic E-state index is 10.1. The van der Waals surface area contributed by atoms with Crippen molar-refractivity contribution in [3.05, 3.63) is 25.4 Å². The number of nitrogens with zero attached hydrogens (tertiary/aromatic N) is 1. The van der Waals surface area contributed by atoms with Crippen LogP contribution in [0.3, 0.4) is 0 Å². The Kier molecular flexibility index (Phi) is 11.0. The smallest absolute Gasteiger partial charge is 0.332 e. The zero-order valence-electron chi connectivity index (χ0n) is 8.50. The van der Waals surface area contributed by atoms with Gasteiger partial charge in [0, 0.05) is 12.3 Å². The van der Waals surface area contributed by atoms with E-state index >= 15 is 0 Å². The molecule has 0 aromatic carbocycles. The van der Waals surface area contributed by atoms with Crippen molar-refractivity contribution in [2.45, 2.75) is 13.2 Å². The molecule has 15 heavy (non-hydrogen) atoms. The molecular weight excluding hydrogens is 202 g/mol. The molecule has 1 atom stereocenters. The molecule has 0 saturated carbocycles. The number of aliphatic hydroxyl groups is 2. The predicted molar refractivity (Wildman–Crippen MR) is 53.2 cm³/mol. The molecular formula is C9H15NO5. The first kappa shape index (κ1) is 15.8. The second-order valence-electron chi connectivity index (χ2n) is 2.18. The summed E-state index contributed by atoms with van der Waals surface area (Å²) in [5.74, 6) is -0.611. The summed E-state index contributed by atoms with van der Waals surface area (Å²) in [6, 6.07) is 0. The molecule has 6 nitrogen and oxygen atoms in total. The molecule has 0 saturated heterocycles. The summed E-state index contributed by atoms with van der Waals surface area (Å²) in [4.78, 5) is 20.8. The molecule has 0 aliphatic rings. The highest BCUT2D eigenvalue weighted by atomic mass is 16.6. The first-order valence-corrected chi connectivity index (χ1v) is 3.97. The highest BCUT2D eigenvalue weighted by molar-refractivity contribution is 5.81. The minimum absolute atomic E-state index is 0.299. The Bertz CT molecular complexity index is 207. The van der Waals surface area contributed by atoms with Gasteiger partial charge in [-0.3, -0.25) is 9.69 Å². The SMILES string of the molecule is C=CC(=O)OC(C)O.C=CN(C=O)CO. The van der Waals surface area contributed by atoms with Crippen LogP contribution in [0.15, 0.2) is 25.4 Å². The van der Waals surface area contributed by atoms with Gasteiger partial charge in [0.2, 0.25) is 6.41 Å². The van der Waals surface area contributed by atoms with E-state index < -0.39 is 12.3 Å². The molecule has 1 amide bonds. The van der Waals surface area contributed by atoms with Gasteiger partial charge in [0.05, 0.1) is 0 Å². The molecule has 0 rings (SSSR count). The third kappa shape index (κ3) is 12.3. The van der Waals surface area contributed by atoms with Crippen LogP contribution in [-0.2, 0) is 14.3 Å². The van der Waals surface area contributed by atoms with Crippen molar-refractivity contribution in [2.75, 3.05) is 6.73 Å². The van der Waals surface area contributed by atoms with Crippen molar-refractivity contribution < 1.29 is 24.5 Å². The zero-order chi connectivity index (χ0) is 12.3. The van der Waals surface area contributed by atoms with E-state index in [4.69, 9.17) is 10.2 Å². The number of carbonyl (C=O) groups is 2. The Balaban J connectivity index is 0. The second kappa shape index (κ2) is 10.4. The lowest BCUT2D eigenvalue weighted by Crippen LogP contribution is -2.14. The first-order valence-electron chi connectivity index (χ1n) is 3.97. The molecule has 0 heterocycles. The highest BCUT2D eigenvalue weighted by Crippen LogP contribution is 1.84. The Hall–Kier alpha value is -1.66. The van der Waals surface area contributed by atoms with Crippen LogP contribution in [0.5, 0.6) is 0 Å². The summed E-state index contributed by atoms with van der Waals surface area (Å²) in [6.07, 6.45) is 1.69. The van der Waals surface area contributed by atoms with Crippen LogP contribution >= 0.6 is 0 Å². The van der Waals surface area contributed by atoms with E-state index in [-0.39, 0.29) is 6.73 Å². The molecule has 2 N–H and O–H groups in total. The minimum Gasteiger partial charge on any atom is -0.433 e. The van der Waals surface area contributed by atoms with Gasteiger partial charge in [-0.2, -0.15) is 0 Å². The maximum absolute atomic E-state index is 10.1. The van der Waals surface area contributed by atoms with Crippen molar-refractivity contribution in [1.82, 2.24) is 4.90 Å². The molecule has 0 radical (unpaired) electrons. The van der Waals surface area contributed by atoms with Crippen LogP contribution < -0.4 is 0 Å². The average Bonchev–Trinajstić information content (AvgIpc) is 2.20. The van der Waals surface area contributed by atoms with Crippen LogP contribution in [0.4, 0.5) is 0 Å². The average molecular weight is 217 g/mol. The summed E-state index contributed by atoms with van der Waals surface area (Å²) >= 11 is 0. The largest absolute Gasteiger partial charge is 0.433 e. The number of hydrogen-bond acceptors (Lipinski definition) is 5. The monoisotopic (exact) mass is 217 g/mol. The highest BCUT2D eigenvalue weighted by Gasteiger charge is 1.97. The maximum Gasteiger partial charge on any atom is 0.332 e. The van der Waals surface area contributed by atoms with Gasteiger partial charge in [-0.15, -0.1) is 0 Å². The van der Waals surface area contributed by atoms with E-state index in [2.05, 4.69) is 17.9 Å². The number of aliphatic hydroxyl groups excluding tert-OH is 2. The van der Waals surface area contributed by atoms with Crippen LogP contribution in [0, 0.1) is 0 Å². The van der Waals surface area contributed by atoms with E-state index in [1.807, 2.05) is 0 Å². The van der Waals surface area contributed by atoms with Crippen LogP contribution in [0.1, 0.15) is 6.92 Å². The molecule has 0 aromatic heterocycles. The molecule has 0 fully saturated rings. The van der Waals surface area contributed by atoms with Gasteiger partial charge < -0.3 is 14.9 Å². The van der Waals surface area contributed by atoms with E-state index in [1.54, 1.807) is 0 Å². The Morgan fingerprint density at radius 1 is 1.60 bits per heavy atom. The number of amides is 1. The first-order chi connectivity index (χ1) is 7.01. The van der Waals surface area contributed by atoms with Gasteiger partial charge in [0.1, 0.15) is 6.73 Å². The van der Waals surface area contributed by atoms with E-state index in [9.17, 15) is 9.59 Å². The van der Waals surface area contributed by atoms with Crippen molar-refractivity contribution in [1.29, 1.82) is 0 Å². The topological polar surface area (TPSA) is 87.1 Å². The summed E-state index contributed by atoms with van der Waals surface area (Å²) in [7, 11) is 0. The third-order valence-electron chi connectivity index (χ3n) is 0.987. The molecule has 0 bridgehead atoms. The standard InChI is InChI=1S/C5H8O3.C4H7NO2/c1-3-5(7)8-4(2)6;1-2-5(3-6)4-7/h3-4,6H,1H2,2H3;2-3,7H,1,4H2. The molecule has 0 aliphatic heterocycles. The minimum atomic E-state index is -1.04. The van der Waals surface area contributed by atoms with Crippen LogP contribution in [-0.4, -0.2) is 40.5 Å². The van der Waals surface area contributed by atoms with Crippen LogP contribution in [0.2, 0.25) is 0 Å². The molecule has 0 spiro atoms. The lowest BCUT2D eigenvalue weighted by molar-refractivity contribution is -0.158. The van der Waals surface area contributed by atoms with Gasteiger partial charge in [-0.1, -0.05) is 13.2 Å². The van der Waals surface area contributed by atoms with E-state index in [1.165, 1.54) is 13.1 Å². The fraction of sp³-hybridized carbons (Fsp3) is 0.333. The van der Waals surface area contributed by atoms with Gasteiger partial charge in [0.15, 0.2) is 6.29 Å². The normalized spacial score (nSPS) is 10.1. The lowest BCUT2D eigenvalue weighted by atomic mass is 10.6. The number of carbonyl (C=O) groups excluding carboxylic acids is 2. The van der Waals surface area contributed by atoms with Gasteiger partial charge in [-0.05, 0) is 6.92 Å². The second-order valence-corrected chi connectivity index (χ2v) is 2.18. The zero-order valence-corrected chi connectivity index (χ0v) is 8.50. The predicted octanol–water partition coefficient (Wildman–Crippen LogP) is -0.408. The van der Waals surface area contributed by atoms with Gasteiger partial charge >= 0.3 is 5.97 Å².